The van der Waals surface area contributed by atoms with Gasteiger partial charge in [-0.05, 0) is 19.3 Å². The second kappa shape index (κ2) is 4.73. The molecule has 1 aromatic heterocycles. The van der Waals surface area contributed by atoms with E-state index in [0.717, 1.165) is 19.3 Å². The summed E-state index contributed by atoms with van der Waals surface area (Å²) in [5, 5.41) is 10.5. The summed E-state index contributed by atoms with van der Waals surface area (Å²) in [6, 6.07) is 0.134. The number of amides is 2. The lowest BCUT2D eigenvalue weighted by atomic mass is 9.50. The zero-order valence-corrected chi connectivity index (χ0v) is 12.2. The van der Waals surface area contributed by atoms with E-state index in [1.165, 1.54) is 6.42 Å². The molecule has 7 nitrogen and oxygen atoms in total. The van der Waals surface area contributed by atoms with Gasteiger partial charge in [0.2, 0.25) is 0 Å². The molecule has 7 heteroatoms. The molecule has 2 aliphatic rings. The fraction of sp³-hybridized carbons (Fsp3) is 0.769. The van der Waals surface area contributed by atoms with Gasteiger partial charge >= 0.3 is 6.03 Å². The molecule has 1 N–H and O–H groups in total. The van der Waals surface area contributed by atoms with Crippen molar-refractivity contribution in [3.63, 3.8) is 0 Å². The summed E-state index contributed by atoms with van der Waals surface area (Å²) in [5.41, 5.74) is 0.184. The molecule has 0 aliphatic heterocycles. The molecule has 2 fully saturated rings. The molecule has 1 aromatic rings. The van der Waals surface area contributed by atoms with Gasteiger partial charge in [0.25, 0.3) is 0 Å². The first kappa shape index (κ1) is 13.4. The summed E-state index contributed by atoms with van der Waals surface area (Å²) in [6.45, 7) is 0. The van der Waals surface area contributed by atoms with Gasteiger partial charge in [-0.2, -0.15) is 0 Å². The summed E-state index contributed by atoms with van der Waals surface area (Å²) in [5.74, 6) is 0.481. The zero-order chi connectivity index (χ0) is 14.3. The van der Waals surface area contributed by atoms with Crippen molar-refractivity contribution in [1.29, 1.82) is 0 Å². The van der Waals surface area contributed by atoms with Crippen LogP contribution in [0.15, 0.2) is 6.20 Å². The first-order chi connectivity index (χ1) is 9.56. The average Bonchev–Trinajstić information content (AvgIpc) is 2.71. The van der Waals surface area contributed by atoms with E-state index in [2.05, 4.69) is 15.6 Å². The number of aromatic nitrogens is 3. The minimum absolute atomic E-state index is 0.128. The fourth-order valence-electron chi connectivity index (χ4n) is 3.59. The lowest BCUT2D eigenvalue weighted by Crippen LogP contribution is -2.68. The molecule has 2 aliphatic carbocycles. The third-order valence-electron chi connectivity index (χ3n) is 4.94. The SMILES string of the molecule is COC1CC(N(C)C(=O)Nc2cn(C)nn2)C12CCC2. The van der Waals surface area contributed by atoms with Crippen molar-refractivity contribution in [1.82, 2.24) is 19.9 Å². The first-order valence-electron chi connectivity index (χ1n) is 7.00. The Labute approximate surface area is 118 Å². The molecule has 110 valence electrons. The Hall–Kier alpha value is -1.63. The molecule has 2 amide bonds. The first-order valence-corrected chi connectivity index (χ1v) is 7.00. The second-order valence-corrected chi connectivity index (χ2v) is 5.88. The third-order valence-corrected chi connectivity index (χ3v) is 4.94. The number of aryl methyl sites for hydroxylation is 1. The molecule has 2 atom stereocenters. The Balaban J connectivity index is 1.64. The van der Waals surface area contributed by atoms with Crippen molar-refractivity contribution in [2.45, 2.75) is 37.8 Å². The quantitative estimate of drug-likeness (QED) is 0.903. The van der Waals surface area contributed by atoms with Gasteiger partial charge in [0, 0.05) is 32.7 Å². The largest absolute Gasteiger partial charge is 0.381 e. The number of hydrogen-bond donors (Lipinski definition) is 1. The van der Waals surface area contributed by atoms with Crippen LogP contribution in [-0.4, -0.2) is 52.2 Å². The van der Waals surface area contributed by atoms with Crippen LogP contribution in [0, 0.1) is 5.41 Å². The third kappa shape index (κ3) is 1.88. The maximum atomic E-state index is 12.3. The van der Waals surface area contributed by atoms with Gasteiger partial charge in [-0.15, -0.1) is 5.10 Å². The van der Waals surface area contributed by atoms with Gasteiger partial charge in [0.1, 0.15) is 0 Å². The van der Waals surface area contributed by atoms with Crippen molar-refractivity contribution in [2.24, 2.45) is 12.5 Å². The van der Waals surface area contributed by atoms with E-state index in [4.69, 9.17) is 4.74 Å². The minimum atomic E-state index is -0.128. The van der Waals surface area contributed by atoms with Crippen LogP contribution in [0.2, 0.25) is 0 Å². The predicted molar refractivity (Wildman–Crippen MR) is 73.3 cm³/mol. The number of urea groups is 1. The van der Waals surface area contributed by atoms with Gasteiger partial charge in [0.05, 0.1) is 12.3 Å². The maximum Gasteiger partial charge on any atom is 0.323 e. The number of nitrogens with zero attached hydrogens (tertiary/aromatic N) is 4. The molecule has 0 radical (unpaired) electrons. The molecular weight excluding hydrogens is 258 g/mol. The molecule has 2 unspecified atom stereocenters. The van der Waals surface area contributed by atoms with Crippen LogP contribution >= 0.6 is 0 Å². The Morgan fingerprint density at radius 1 is 1.60 bits per heavy atom. The van der Waals surface area contributed by atoms with Crippen molar-refractivity contribution >= 4 is 11.8 Å². The topological polar surface area (TPSA) is 72.3 Å². The number of anilines is 1. The molecule has 1 heterocycles. The van der Waals surface area contributed by atoms with Crippen LogP contribution in [0.5, 0.6) is 0 Å². The summed E-state index contributed by atoms with van der Waals surface area (Å²) in [6.07, 6.45) is 6.44. The number of methoxy groups -OCH3 is 1. The van der Waals surface area contributed by atoms with Crippen molar-refractivity contribution in [3.8, 4) is 0 Å². The van der Waals surface area contributed by atoms with E-state index in [1.54, 1.807) is 29.9 Å². The van der Waals surface area contributed by atoms with Crippen LogP contribution < -0.4 is 5.32 Å². The Kier molecular flexibility index (Phi) is 3.16. The lowest BCUT2D eigenvalue weighted by Gasteiger charge is -2.62. The summed E-state index contributed by atoms with van der Waals surface area (Å²) in [4.78, 5) is 14.1. The van der Waals surface area contributed by atoms with Crippen molar-refractivity contribution in [2.75, 3.05) is 19.5 Å². The van der Waals surface area contributed by atoms with Crippen LogP contribution in [0.4, 0.5) is 10.6 Å². The Bertz CT molecular complexity index is 511. The van der Waals surface area contributed by atoms with Crippen LogP contribution in [0.1, 0.15) is 25.7 Å². The van der Waals surface area contributed by atoms with Crippen LogP contribution in [0.25, 0.3) is 0 Å². The highest BCUT2D eigenvalue weighted by molar-refractivity contribution is 5.88. The maximum absolute atomic E-state index is 12.3. The number of carbonyl (C=O) groups excluding carboxylic acids is 1. The minimum Gasteiger partial charge on any atom is -0.381 e. The van der Waals surface area contributed by atoms with Gasteiger partial charge < -0.3 is 9.64 Å². The normalized spacial score (nSPS) is 26.8. The van der Waals surface area contributed by atoms with Gasteiger partial charge in [-0.1, -0.05) is 11.6 Å². The summed E-state index contributed by atoms with van der Waals surface area (Å²) >= 11 is 0. The molecule has 1 spiro atoms. The highest BCUT2D eigenvalue weighted by Gasteiger charge is 2.60. The van der Waals surface area contributed by atoms with Crippen LogP contribution in [0.3, 0.4) is 0 Å². The number of rotatable bonds is 3. The van der Waals surface area contributed by atoms with E-state index in [9.17, 15) is 4.79 Å². The summed E-state index contributed by atoms with van der Waals surface area (Å²) < 4.78 is 7.10. The second-order valence-electron chi connectivity index (χ2n) is 5.88. The van der Waals surface area contributed by atoms with E-state index in [-0.39, 0.29) is 17.5 Å². The van der Waals surface area contributed by atoms with Crippen LogP contribution in [-0.2, 0) is 11.8 Å². The van der Waals surface area contributed by atoms with Crippen molar-refractivity contribution in [3.05, 3.63) is 6.20 Å². The molecule has 0 saturated heterocycles. The van der Waals surface area contributed by atoms with Gasteiger partial charge in [-0.25, -0.2) is 4.79 Å². The smallest absolute Gasteiger partial charge is 0.323 e. The number of ether oxygens (including phenoxy) is 1. The van der Waals surface area contributed by atoms with E-state index in [1.807, 2.05) is 7.05 Å². The molecule has 3 rings (SSSR count). The Morgan fingerprint density at radius 3 is 2.85 bits per heavy atom. The number of nitrogens with one attached hydrogen (secondary N) is 1. The van der Waals surface area contributed by atoms with Gasteiger partial charge in [-0.3, -0.25) is 10.00 Å². The number of carbonyl (C=O) groups is 1. The molecular formula is C13H21N5O2. The van der Waals surface area contributed by atoms with E-state index < -0.39 is 0 Å². The molecule has 0 bridgehead atoms. The van der Waals surface area contributed by atoms with Crippen molar-refractivity contribution < 1.29 is 9.53 Å². The highest BCUT2D eigenvalue weighted by atomic mass is 16.5. The monoisotopic (exact) mass is 279 g/mol. The fourth-order valence-corrected chi connectivity index (χ4v) is 3.59. The lowest BCUT2D eigenvalue weighted by molar-refractivity contribution is -0.181. The molecule has 20 heavy (non-hydrogen) atoms. The number of hydrogen-bond acceptors (Lipinski definition) is 4. The summed E-state index contributed by atoms with van der Waals surface area (Å²) in [7, 11) is 5.38. The Morgan fingerprint density at radius 2 is 2.35 bits per heavy atom. The molecule has 2 saturated carbocycles. The predicted octanol–water partition coefficient (Wildman–Crippen LogP) is 1.24. The average molecular weight is 279 g/mol. The standard InChI is InChI=1S/C13H21N5O2/c1-17-8-11(15-16-17)14-12(19)18(2)9-7-10(20-3)13(9)5-4-6-13/h8-10H,4-7H2,1-3H3,(H,14,19). The van der Waals surface area contributed by atoms with E-state index in [0.29, 0.717) is 11.9 Å². The van der Waals surface area contributed by atoms with E-state index >= 15 is 0 Å². The zero-order valence-electron chi connectivity index (χ0n) is 12.2. The highest BCUT2D eigenvalue weighted by Crippen LogP contribution is 2.58. The van der Waals surface area contributed by atoms with Gasteiger partial charge in [0.15, 0.2) is 5.82 Å². The molecule has 0 aromatic carbocycles.